The average molecular weight is 718 g/mol. The van der Waals surface area contributed by atoms with Crippen molar-refractivity contribution in [2.45, 2.75) is 85.1 Å². The van der Waals surface area contributed by atoms with Gasteiger partial charge in [-0.1, -0.05) is 25.1 Å². The van der Waals surface area contributed by atoms with Gasteiger partial charge in [-0.2, -0.15) is 4.90 Å². The summed E-state index contributed by atoms with van der Waals surface area (Å²) < 4.78 is 25.4. The van der Waals surface area contributed by atoms with Crippen LogP contribution >= 0.6 is 0 Å². The molecule has 0 spiro atoms. The summed E-state index contributed by atoms with van der Waals surface area (Å²) in [5.41, 5.74) is 7.15. The number of fused-ring (bicyclic) bond motifs is 1. The largest absolute Gasteiger partial charge is 0.505 e. The lowest BCUT2D eigenvalue weighted by Crippen LogP contribution is -2.44. The van der Waals surface area contributed by atoms with E-state index in [2.05, 4.69) is 10.3 Å². The van der Waals surface area contributed by atoms with Gasteiger partial charge >= 0.3 is 12.2 Å². The molecule has 0 aliphatic rings. The molecule has 12 nitrogen and oxygen atoms in total. The summed E-state index contributed by atoms with van der Waals surface area (Å²) in [5, 5.41) is 24.4. The molecule has 0 aliphatic carbocycles. The molecule has 278 valence electrons. The molecule has 4 rings (SSSR count). The first-order valence-corrected chi connectivity index (χ1v) is 16.8. The quantitative estimate of drug-likeness (QED) is 0.100. The molecule has 3 aromatic carbocycles. The van der Waals surface area contributed by atoms with Crippen molar-refractivity contribution in [2.75, 3.05) is 29.6 Å². The zero-order valence-corrected chi connectivity index (χ0v) is 31.1. The minimum atomic E-state index is -0.964. The van der Waals surface area contributed by atoms with E-state index in [1.165, 1.54) is 24.2 Å². The molecule has 13 heteroatoms. The number of anilines is 3. The summed E-state index contributed by atoms with van der Waals surface area (Å²) in [6.45, 7) is 13.7. The Morgan fingerprint density at radius 1 is 0.962 bits per heavy atom. The van der Waals surface area contributed by atoms with Gasteiger partial charge in [-0.05, 0) is 101 Å². The number of aryl methyl sites for hydroxylation is 1. The molecule has 0 aliphatic heterocycles. The number of nitrogens with one attached hydrogen (secondary N) is 1. The first kappa shape index (κ1) is 39.4. The van der Waals surface area contributed by atoms with Crippen LogP contribution in [-0.4, -0.2) is 63.0 Å². The number of aliphatic hydroxyl groups excluding tert-OH is 1. The summed E-state index contributed by atoms with van der Waals surface area (Å²) in [7, 11) is 1.53. The van der Waals surface area contributed by atoms with Crippen LogP contribution in [0.25, 0.3) is 10.8 Å². The van der Waals surface area contributed by atoms with Gasteiger partial charge in [0.1, 0.15) is 17.2 Å². The fraction of sp³-hybridized carbons (Fsp3) is 0.385. The minimum Gasteiger partial charge on any atom is -0.505 e. The van der Waals surface area contributed by atoms with E-state index in [9.17, 15) is 29.0 Å². The SMILES string of the molecule is Cc1cc(C(Nc2ccc3c(N(C(=O)OC(C)(C)C)C(=O)OC(C)(C)C)nccc3c2)C(=O)N(C)Cc2cc(N)cc(F)c2O)ccc1C(C)CO. The molecule has 2 atom stereocenters. The number of nitrogen functional groups attached to an aromatic ring is 1. The van der Waals surface area contributed by atoms with E-state index in [-0.39, 0.29) is 36.1 Å². The van der Waals surface area contributed by atoms with Gasteiger partial charge in [0.25, 0.3) is 0 Å². The number of hydrogen-bond acceptors (Lipinski definition) is 10. The molecule has 0 saturated heterocycles. The molecule has 4 aromatic rings. The predicted molar refractivity (Wildman–Crippen MR) is 199 cm³/mol. The van der Waals surface area contributed by atoms with Crippen LogP contribution in [0.1, 0.15) is 82.7 Å². The normalized spacial score (nSPS) is 12.9. The molecule has 0 fully saturated rings. The lowest BCUT2D eigenvalue weighted by Gasteiger charge is -2.29. The van der Waals surface area contributed by atoms with Gasteiger partial charge in [-0.25, -0.2) is 19.0 Å². The van der Waals surface area contributed by atoms with Crippen molar-refractivity contribution in [1.82, 2.24) is 9.88 Å². The van der Waals surface area contributed by atoms with Gasteiger partial charge < -0.3 is 35.6 Å². The van der Waals surface area contributed by atoms with Crippen molar-refractivity contribution in [3.05, 3.63) is 88.9 Å². The number of carbonyl (C=O) groups is 3. The zero-order valence-electron chi connectivity index (χ0n) is 31.1. The number of amides is 3. The number of aromatic hydroxyl groups is 1. The van der Waals surface area contributed by atoms with Crippen LogP contribution in [0, 0.1) is 12.7 Å². The molecular weight excluding hydrogens is 669 g/mol. The van der Waals surface area contributed by atoms with E-state index >= 15 is 0 Å². The Hall–Kier alpha value is -5.43. The van der Waals surface area contributed by atoms with Gasteiger partial charge in [-0.15, -0.1) is 0 Å². The average Bonchev–Trinajstić information content (AvgIpc) is 3.03. The number of nitrogens with two attached hydrogens (primary N) is 1. The summed E-state index contributed by atoms with van der Waals surface area (Å²) in [5.74, 6) is -2.01. The van der Waals surface area contributed by atoms with Crippen LogP contribution in [0.15, 0.2) is 60.8 Å². The minimum absolute atomic E-state index is 0.00157. The van der Waals surface area contributed by atoms with E-state index in [4.69, 9.17) is 15.2 Å². The van der Waals surface area contributed by atoms with E-state index in [1.54, 1.807) is 71.9 Å². The number of pyridine rings is 1. The van der Waals surface area contributed by atoms with Crippen molar-refractivity contribution < 1.29 is 38.5 Å². The van der Waals surface area contributed by atoms with Gasteiger partial charge in [0, 0.05) is 60.7 Å². The molecule has 0 bridgehead atoms. The molecule has 3 amide bonds. The number of carbonyl (C=O) groups excluding carboxylic acids is 3. The third kappa shape index (κ3) is 9.46. The highest BCUT2D eigenvalue weighted by Crippen LogP contribution is 2.33. The summed E-state index contributed by atoms with van der Waals surface area (Å²) >= 11 is 0. The first-order chi connectivity index (χ1) is 24.2. The van der Waals surface area contributed by atoms with Crippen molar-refractivity contribution in [2.24, 2.45) is 0 Å². The van der Waals surface area contributed by atoms with Crippen LogP contribution in [0.3, 0.4) is 0 Å². The second-order valence-corrected chi connectivity index (χ2v) is 14.8. The van der Waals surface area contributed by atoms with Crippen LogP contribution in [0.2, 0.25) is 0 Å². The fourth-order valence-corrected chi connectivity index (χ4v) is 5.63. The van der Waals surface area contributed by atoms with E-state index in [0.717, 1.165) is 22.1 Å². The maximum absolute atomic E-state index is 14.3. The van der Waals surface area contributed by atoms with Crippen molar-refractivity contribution in [1.29, 1.82) is 0 Å². The summed E-state index contributed by atoms with van der Waals surface area (Å²) in [6.07, 6.45) is -0.475. The first-order valence-electron chi connectivity index (χ1n) is 16.8. The molecular formula is C39H48FN5O7. The third-order valence-corrected chi connectivity index (χ3v) is 8.05. The highest BCUT2D eigenvalue weighted by molar-refractivity contribution is 6.14. The van der Waals surface area contributed by atoms with E-state index in [1.807, 2.05) is 26.0 Å². The topological polar surface area (TPSA) is 168 Å². The Morgan fingerprint density at radius 3 is 2.17 bits per heavy atom. The third-order valence-electron chi connectivity index (χ3n) is 8.05. The highest BCUT2D eigenvalue weighted by Gasteiger charge is 2.35. The highest BCUT2D eigenvalue weighted by atomic mass is 19.1. The molecule has 1 aromatic heterocycles. The van der Waals surface area contributed by atoms with Crippen LogP contribution < -0.4 is 16.0 Å². The number of likely N-dealkylation sites (N-methyl/N-ethyl adjacent to an activating group) is 1. The number of nitrogens with zero attached hydrogens (tertiary/aromatic N) is 3. The smallest absolute Gasteiger partial charge is 0.425 e. The van der Waals surface area contributed by atoms with Gasteiger partial charge in [0.05, 0.1) is 0 Å². The Bertz CT molecular complexity index is 1940. The predicted octanol–water partition coefficient (Wildman–Crippen LogP) is 7.55. The van der Waals surface area contributed by atoms with Crippen molar-refractivity contribution >= 4 is 46.1 Å². The number of phenolic OH excluding ortho intramolecular Hbond substituents is 1. The van der Waals surface area contributed by atoms with Crippen LogP contribution in [-0.2, 0) is 20.8 Å². The Labute approximate surface area is 303 Å². The lowest BCUT2D eigenvalue weighted by atomic mass is 9.93. The summed E-state index contributed by atoms with van der Waals surface area (Å²) in [4.78, 5) is 47.5. The molecule has 0 radical (unpaired) electrons. The maximum Gasteiger partial charge on any atom is 0.425 e. The Morgan fingerprint density at radius 2 is 1.60 bits per heavy atom. The van der Waals surface area contributed by atoms with Gasteiger partial charge in [0.2, 0.25) is 5.91 Å². The second kappa shape index (κ2) is 15.4. The number of benzene rings is 3. The molecule has 5 N–H and O–H groups in total. The number of halogens is 1. The number of ether oxygens (including phenoxy) is 2. The second-order valence-electron chi connectivity index (χ2n) is 14.8. The molecule has 52 heavy (non-hydrogen) atoms. The number of hydrogen-bond donors (Lipinski definition) is 4. The van der Waals surface area contributed by atoms with Gasteiger partial charge in [-0.3, -0.25) is 4.79 Å². The fourth-order valence-electron chi connectivity index (χ4n) is 5.63. The molecule has 1 heterocycles. The lowest BCUT2D eigenvalue weighted by molar-refractivity contribution is -0.131. The van der Waals surface area contributed by atoms with Crippen molar-refractivity contribution in [3.8, 4) is 5.75 Å². The Balaban J connectivity index is 1.77. The Kier molecular flexibility index (Phi) is 11.7. The maximum atomic E-state index is 14.3. The van der Waals surface area contributed by atoms with E-state index < -0.39 is 46.9 Å². The monoisotopic (exact) mass is 717 g/mol. The standard InChI is InChI=1S/C39H48FN5O7/c1-22-16-25(10-12-29(22)23(2)21-46)32(35(48)44(9)20-26-17-27(41)19-31(40)33(26)47)43-28-11-13-30-24(18-28)14-15-42-34(30)45(36(49)51-38(3,4)5)37(50)52-39(6,7)8/h10-19,23,32,43,46-47H,20-21,41H2,1-9H3. The van der Waals surface area contributed by atoms with Crippen LogP contribution in [0.5, 0.6) is 5.75 Å². The van der Waals surface area contributed by atoms with E-state index in [0.29, 0.717) is 22.0 Å². The number of phenols is 1. The zero-order chi connectivity index (χ0) is 38.7. The molecule has 2 unspecified atom stereocenters. The van der Waals surface area contributed by atoms with Crippen molar-refractivity contribution in [3.63, 3.8) is 0 Å². The van der Waals surface area contributed by atoms with Crippen LogP contribution in [0.4, 0.5) is 31.2 Å². The van der Waals surface area contributed by atoms with Gasteiger partial charge in [0.15, 0.2) is 17.4 Å². The summed E-state index contributed by atoms with van der Waals surface area (Å²) in [6, 6.07) is 13.8. The number of imide groups is 1. The number of aliphatic hydroxyl groups is 1. The number of rotatable bonds is 9. The number of aromatic nitrogens is 1. The molecule has 0 saturated carbocycles.